The minimum absolute atomic E-state index is 0.0136. The number of nitrogens with zero attached hydrogens (tertiary/aromatic N) is 4. The van der Waals surface area contributed by atoms with Gasteiger partial charge in [0.15, 0.2) is 5.11 Å². The first-order chi connectivity index (χ1) is 14.8. The molecule has 1 saturated heterocycles. The molecule has 1 aliphatic carbocycles. The van der Waals surface area contributed by atoms with Gasteiger partial charge in [0.2, 0.25) is 0 Å². The van der Waals surface area contributed by atoms with Gasteiger partial charge in [-0.15, -0.1) is 0 Å². The Bertz CT molecular complexity index is 981. The van der Waals surface area contributed by atoms with Crippen molar-refractivity contribution in [1.82, 2.24) is 24.8 Å². The highest BCUT2D eigenvalue weighted by molar-refractivity contribution is 7.80. The van der Waals surface area contributed by atoms with Gasteiger partial charge >= 0.3 is 0 Å². The highest BCUT2D eigenvalue weighted by atomic mass is 32.1. The van der Waals surface area contributed by atoms with Gasteiger partial charge < -0.3 is 14.8 Å². The van der Waals surface area contributed by atoms with Crippen LogP contribution in [-0.2, 0) is 6.54 Å². The second-order valence-electron chi connectivity index (χ2n) is 8.21. The molecule has 3 aromatic rings. The predicted molar refractivity (Wildman–Crippen MR) is 122 cm³/mol. The van der Waals surface area contributed by atoms with Crippen LogP contribution in [0.25, 0.3) is 0 Å². The van der Waals surface area contributed by atoms with Crippen molar-refractivity contribution >= 4 is 17.3 Å². The van der Waals surface area contributed by atoms with Crippen LogP contribution < -0.4 is 5.32 Å². The molecule has 5 rings (SSSR count). The molecule has 2 atom stereocenters. The smallest absolute Gasteiger partial charge is 0.170 e. The number of aromatic nitrogens is 3. The fraction of sp³-hybridized carbons (Fsp3) is 0.375. The average molecular weight is 418 g/mol. The number of hydrogen-bond donors (Lipinski definition) is 1. The Morgan fingerprint density at radius 3 is 2.47 bits per heavy atom. The molecule has 0 amide bonds. The largest absolute Gasteiger partial charge is 0.352 e. The van der Waals surface area contributed by atoms with E-state index in [0.717, 1.165) is 16.5 Å². The number of hydrogen-bond acceptors (Lipinski definition) is 3. The van der Waals surface area contributed by atoms with E-state index < -0.39 is 0 Å². The normalized spacial score (nSPS) is 22.3. The maximum Gasteiger partial charge on any atom is 0.170 e. The highest BCUT2D eigenvalue weighted by Crippen LogP contribution is 2.41. The van der Waals surface area contributed by atoms with E-state index in [2.05, 4.69) is 55.2 Å². The summed E-state index contributed by atoms with van der Waals surface area (Å²) in [6.45, 7) is 0.677. The molecule has 154 valence electrons. The van der Waals surface area contributed by atoms with Gasteiger partial charge in [0.1, 0.15) is 0 Å². The van der Waals surface area contributed by atoms with Crippen molar-refractivity contribution in [1.29, 1.82) is 0 Å². The minimum atomic E-state index is 0.0136. The molecule has 0 spiro atoms. The average Bonchev–Trinajstić information content (AvgIpc) is 3.40. The van der Waals surface area contributed by atoms with Crippen molar-refractivity contribution < 1.29 is 0 Å². The molecule has 1 aliphatic heterocycles. The van der Waals surface area contributed by atoms with Crippen LogP contribution in [-0.4, -0.2) is 24.5 Å². The van der Waals surface area contributed by atoms with Gasteiger partial charge in [0.25, 0.3) is 0 Å². The second kappa shape index (κ2) is 8.56. The minimum Gasteiger partial charge on any atom is -0.352 e. The Hall–Kier alpha value is -2.73. The van der Waals surface area contributed by atoms with Gasteiger partial charge in [-0.2, -0.15) is 0 Å². The maximum absolute atomic E-state index is 5.82. The van der Waals surface area contributed by atoms with Gasteiger partial charge in [-0.1, -0.05) is 31.4 Å². The first-order valence-corrected chi connectivity index (χ1v) is 11.3. The zero-order valence-corrected chi connectivity index (χ0v) is 17.8. The molecule has 1 N–H and O–H groups in total. The Morgan fingerprint density at radius 2 is 1.73 bits per heavy atom. The molecule has 3 aromatic heterocycles. The van der Waals surface area contributed by atoms with Crippen LogP contribution in [0.1, 0.15) is 67.3 Å². The molecule has 2 aliphatic rings. The van der Waals surface area contributed by atoms with Crippen molar-refractivity contribution in [3.05, 3.63) is 84.2 Å². The van der Waals surface area contributed by atoms with E-state index in [-0.39, 0.29) is 12.1 Å². The lowest BCUT2D eigenvalue weighted by molar-refractivity contribution is 0.273. The van der Waals surface area contributed by atoms with Crippen molar-refractivity contribution in [3.63, 3.8) is 0 Å². The van der Waals surface area contributed by atoms with Gasteiger partial charge in [-0.3, -0.25) is 9.97 Å². The van der Waals surface area contributed by atoms with E-state index in [9.17, 15) is 0 Å². The van der Waals surface area contributed by atoms with E-state index in [4.69, 9.17) is 12.2 Å². The third kappa shape index (κ3) is 3.72. The summed E-state index contributed by atoms with van der Waals surface area (Å²) < 4.78 is 2.50. The van der Waals surface area contributed by atoms with Crippen molar-refractivity contribution in [2.45, 2.75) is 56.8 Å². The van der Waals surface area contributed by atoms with Crippen molar-refractivity contribution in [2.75, 3.05) is 0 Å². The number of pyridine rings is 2. The Balaban J connectivity index is 1.54. The summed E-state index contributed by atoms with van der Waals surface area (Å²) in [6, 6.07) is 17.2. The molecular weight excluding hydrogens is 390 g/mol. The quantitative estimate of drug-likeness (QED) is 0.595. The molecule has 30 heavy (non-hydrogen) atoms. The SMILES string of the molecule is S=C1NC(c2ccccn2)C(c2cccn2C2CCCCC2)N1Cc1ccccn1. The molecule has 2 unspecified atom stereocenters. The van der Waals surface area contributed by atoms with E-state index in [1.165, 1.54) is 37.8 Å². The first kappa shape index (κ1) is 19.2. The zero-order valence-electron chi connectivity index (χ0n) is 17.0. The lowest BCUT2D eigenvalue weighted by Gasteiger charge is -2.32. The fourth-order valence-corrected chi connectivity index (χ4v) is 5.22. The Morgan fingerprint density at radius 1 is 0.933 bits per heavy atom. The first-order valence-electron chi connectivity index (χ1n) is 10.9. The molecule has 1 saturated carbocycles. The fourth-order valence-electron chi connectivity index (χ4n) is 4.91. The summed E-state index contributed by atoms with van der Waals surface area (Å²) in [5.41, 5.74) is 3.34. The third-order valence-electron chi connectivity index (χ3n) is 6.34. The van der Waals surface area contributed by atoms with Crippen LogP contribution in [0.2, 0.25) is 0 Å². The lowest BCUT2D eigenvalue weighted by atomic mass is 9.94. The molecule has 2 fully saturated rings. The van der Waals surface area contributed by atoms with E-state index in [0.29, 0.717) is 12.6 Å². The molecule has 4 heterocycles. The van der Waals surface area contributed by atoms with Gasteiger partial charge in [0, 0.05) is 30.3 Å². The molecule has 0 bridgehead atoms. The van der Waals surface area contributed by atoms with Crippen molar-refractivity contribution in [3.8, 4) is 0 Å². The summed E-state index contributed by atoms with van der Waals surface area (Å²) in [6.07, 6.45) is 12.4. The van der Waals surface area contributed by atoms with Gasteiger partial charge in [0.05, 0.1) is 30.0 Å². The molecule has 0 aromatic carbocycles. The van der Waals surface area contributed by atoms with E-state index >= 15 is 0 Å². The summed E-state index contributed by atoms with van der Waals surface area (Å²) in [4.78, 5) is 11.5. The van der Waals surface area contributed by atoms with Crippen molar-refractivity contribution in [2.24, 2.45) is 0 Å². The van der Waals surface area contributed by atoms with Crippen LogP contribution in [0.3, 0.4) is 0 Å². The molecule has 0 radical (unpaired) electrons. The Kier molecular flexibility index (Phi) is 5.49. The highest BCUT2D eigenvalue weighted by Gasteiger charge is 2.41. The van der Waals surface area contributed by atoms with Gasteiger partial charge in [-0.25, -0.2) is 0 Å². The summed E-state index contributed by atoms with van der Waals surface area (Å²) in [7, 11) is 0. The third-order valence-corrected chi connectivity index (χ3v) is 6.69. The summed E-state index contributed by atoms with van der Waals surface area (Å²) in [5, 5.41) is 4.32. The number of rotatable bonds is 5. The van der Waals surface area contributed by atoms with Crippen LogP contribution in [0, 0.1) is 0 Å². The topological polar surface area (TPSA) is 46.0 Å². The van der Waals surface area contributed by atoms with E-state index in [1.807, 2.05) is 36.7 Å². The van der Waals surface area contributed by atoms with Crippen LogP contribution in [0.5, 0.6) is 0 Å². The van der Waals surface area contributed by atoms with Gasteiger partial charge in [-0.05, 0) is 61.5 Å². The summed E-state index contributed by atoms with van der Waals surface area (Å²) >= 11 is 5.82. The zero-order chi connectivity index (χ0) is 20.3. The number of nitrogens with one attached hydrogen (secondary N) is 1. The summed E-state index contributed by atoms with van der Waals surface area (Å²) in [5.74, 6) is 0. The monoisotopic (exact) mass is 417 g/mol. The lowest BCUT2D eigenvalue weighted by Crippen LogP contribution is -2.31. The van der Waals surface area contributed by atoms with Crippen LogP contribution in [0.4, 0.5) is 0 Å². The Labute approximate surface area is 183 Å². The standard InChI is InChI=1S/C24H27N5S/c30-24-27-22(20-12-5-7-15-26-20)23(29(24)17-18-9-4-6-14-25-18)21-13-8-16-28(21)19-10-2-1-3-11-19/h4-9,12-16,19,22-23H,1-3,10-11,17H2,(H,27,30). The maximum atomic E-state index is 5.82. The molecular formula is C24H27N5S. The predicted octanol–water partition coefficient (Wildman–Crippen LogP) is 4.96. The van der Waals surface area contributed by atoms with Crippen LogP contribution >= 0.6 is 12.2 Å². The van der Waals surface area contributed by atoms with Crippen LogP contribution in [0.15, 0.2) is 67.1 Å². The molecule has 6 heteroatoms. The second-order valence-corrected chi connectivity index (χ2v) is 8.59. The van der Waals surface area contributed by atoms with E-state index in [1.54, 1.807) is 0 Å². The molecule has 5 nitrogen and oxygen atoms in total. The number of thiocarbonyl (C=S) groups is 1.